The summed E-state index contributed by atoms with van der Waals surface area (Å²) >= 11 is 0. The van der Waals surface area contributed by atoms with Crippen LogP contribution in [0.25, 0.3) is 17.1 Å². The maximum absolute atomic E-state index is 12.6. The molecule has 2 aromatic heterocycles. The molecule has 0 saturated heterocycles. The van der Waals surface area contributed by atoms with Crippen LogP contribution in [0.3, 0.4) is 0 Å². The largest absolute Gasteiger partial charge is 0.573 e. The molecule has 24 heavy (non-hydrogen) atoms. The lowest BCUT2D eigenvalue weighted by Crippen LogP contribution is -2.17. The summed E-state index contributed by atoms with van der Waals surface area (Å²) in [5, 5.41) is 4.20. The van der Waals surface area contributed by atoms with Crippen LogP contribution in [0.15, 0.2) is 31.0 Å². The molecule has 6 nitrogen and oxygen atoms in total. The Kier molecular flexibility index (Phi) is 3.12. The Morgan fingerprint density at radius 3 is 2.88 bits per heavy atom. The average molecular weight is 335 g/mol. The summed E-state index contributed by atoms with van der Waals surface area (Å²) in [4.78, 5) is 8.39. The van der Waals surface area contributed by atoms with Crippen molar-refractivity contribution in [3.8, 4) is 22.8 Å². The highest BCUT2D eigenvalue weighted by Gasteiger charge is 2.32. The van der Waals surface area contributed by atoms with Gasteiger partial charge in [-0.3, -0.25) is 0 Å². The van der Waals surface area contributed by atoms with E-state index in [0.29, 0.717) is 30.0 Å². The van der Waals surface area contributed by atoms with Crippen molar-refractivity contribution in [2.75, 3.05) is 0 Å². The van der Waals surface area contributed by atoms with Gasteiger partial charge in [0.2, 0.25) is 0 Å². The molecule has 0 atom stereocenters. The standard InChI is InChI=1S/C15H12F3N5O/c1-2-9-3-11(24-15(16,17)18)4-12-13(9)14-20-7-21-23(14)6-10-5-19-8-22(10)12/h3-5,7-8H,2,6H2,1H3. The molecule has 0 bridgehead atoms. The van der Waals surface area contributed by atoms with E-state index in [1.807, 2.05) is 6.92 Å². The fraction of sp³-hybridized carbons (Fsp3) is 0.267. The highest BCUT2D eigenvalue weighted by molar-refractivity contribution is 5.74. The number of rotatable bonds is 2. The van der Waals surface area contributed by atoms with Crippen molar-refractivity contribution in [3.05, 3.63) is 42.2 Å². The fourth-order valence-electron chi connectivity index (χ4n) is 2.96. The molecule has 1 aliphatic heterocycles. The zero-order chi connectivity index (χ0) is 16.9. The zero-order valence-corrected chi connectivity index (χ0v) is 12.6. The van der Waals surface area contributed by atoms with Crippen LogP contribution in [0.5, 0.6) is 5.75 Å². The lowest BCUT2D eigenvalue weighted by Gasteiger charge is -2.16. The van der Waals surface area contributed by atoms with Crippen molar-refractivity contribution < 1.29 is 17.9 Å². The van der Waals surface area contributed by atoms with E-state index >= 15 is 0 Å². The SMILES string of the molecule is CCc1cc(OC(F)(F)F)cc2c1-c1ncnn1Cc1cncn1-2. The van der Waals surface area contributed by atoms with Crippen LogP contribution in [0.4, 0.5) is 13.2 Å². The molecule has 9 heteroatoms. The molecule has 0 N–H and O–H groups in total. The van der Waals surface area contributed by atoms with E-state index < -0.39 is 6.36 Å². The van der Waals surface area contributed by atoms with Gasteiger partial charge in [-0.2, -0.15) is 5.10 Å². The minimum absolute atomic E-state index is 0.259. The molecular weight excluding hydrogens is 323 g/mol. The van der Waals surface area contributed by atoms with Crippen molar-refractivity contribution >= 4 is 0 Å². The number of nitrogens with zero attached hydrogens (tertiary/aromatic N) is 5. The van der Waals surface area contributed by atoms with Crippen molar-refractivity contribution in [1.82, 2.24) is 24.3 Å². The lowest BCUT2D eigenvalue weighted by atomic mass is 10.0. The second-order valence-corrected chi connectivity index (χ2v) is 5.37. The molecule has 0 unspecified atom stereocenters. The molecule has 0 saturated carbocycles. The Morgan fingerprint density at radius 1 is 1.29 bits per heavy atom. The molecule has 0 spiro atoms. The molecule has 1 aromatic carbocycles. The number of halogens is 3. The summed E-state index contributed by atoms with van der Waals surface area (Å²) in [5.41, 5.74) is 2.78. The van der Waals surface area contributed by atoms with Crippen molar-refractivity contribution in [3.63, 3.8) is 0 Å². The van der Waals surface area contributed by atoms with Crippen LogP contribution >= 0.6 is 0 Å². The second-order valence-electron chi connectivity index (χ2n) is 5.37. The molecule has 3 aromatic rings. The van der Waals surface area contributed by atoms with Crippen LogP contribution in [0, 0.1) is 0 Å². The van der Waals surface area contributed by atoms with E-state index in [2.05, 4.69) is 19.8 Å². The monoisotopic (exact) mass is 335 g/mol. The molecule has 0 aliphatic carbocycles. The van der Waals surface area contributed by atoms with Gasteiger partial charge in [0.05, 0.1) is 30.5 Å². The number of aromatic nitrogens is 5. The summed E-state index contributed by atoms with van der Waals surface area (Å²) in [6, 6.07) is 2.75. The van der Waals surface area contributed by atoms with Gasteiger partial charge < -0.3 is 9.30 Å². The van der Waals surface area contributed by atoms with Gasteiger partial charge in [-0.05, 0) is 18.1 Å². The van der Waals surface area contributed by atoms with Gasteiger partial charge in [0.15, 0.2) is 5.82 Å². The number of ether oxygens (including phenoxy) is 1. The Balaban J connectivity index is 2.01. The van der Waals surface area contributed by atoms with Gasteiger partial charge in [0.1, 0.15) is 12.1 Å². The van der Waals surface area contributed by atoms with Crippen molar-refractivity contribution in [2.24, 2.45) is 0 Å². The number of hydrogen-bond acceptors (Lipinski definition) is 4. The van der Waals surface area contributed by atoms with Crippen LogP contribution in [-0.2, 0) is 13.0 Å². The normalized spacial score (nSPS) is 13.0. The van der Waals surface area contributed by atoms with Gasteiger partial charge in [0, 0.05) is 11.6 Å². The molecule has 0 radical (unpaired) electrons. The Morgan fingerprint density at radius 2 is 2.12 bits per heavy atom. The lowest BCUT2D eigenvalue weighted by molar-refractivity contribution is -0.274. The van der Waals surface area contributed by atoms with E-state index in [1.165, 1.54) is 18.5 Å². The Hall–Kier alpha value is -2.84. The minimum atomic E-state index is -4.75. The first-order valence-electron chi connectivity index (χ1n) is 7.28. The van der Waals surface area contributed by atoms with E-state index in [9.17, 15) is 13.2 Å². The average Bonchev–Trinajstić information content (AvgIpc) is 3.13. The number of hydrogen-bond donors (Lipinski definition) is 0. The summed E-state index contributed by atoms with van der Waals surface area (Å²) in [5.74, 6) is 0.356. The molecule has 0 fully saturated rings. The topological polar surface area (TPSA) is 57.8 Å². The number of aryl methyl sites for hydroxylation is 1. The summed E-state index contributed by atoms with van der Waals surface area (Å²) < 4.78 is 45.5. The maximum Gasteiger partial charge on any atom is 0.573 e. The molecular formula is C15H12F3N5O. The molecule has 0 amide bonds. The summed E-state index contributed by atoms with van der Waals surface area (Å²) in [7, 11) is 0. The van der Waals surface area contributed by atoms with E-state index in [1.54, 1.807) is 21.8 Å². The number of benzene rings is 1. The Labute approximate surface area is 134 Å². The van der Waals surface area contributed by atoms with Crippen LogP contribution in [0.2, 0.25) is 0 Å². The van der Waals surface area contributed by atoms with Crippen LogP contribution in [-0.4, -0.2) is 30.7 Å². The summed E-state index contributed by atoms with van der Waals surface area (Å²) in [6.45, 7) is 2.30. The predicted molar refractivity (Wildman–Crippen MR) is 77.7 cm³/mol. The van der Waals surface area contributed by atoms with E-state index in [-0.39, 0.29) is 5.75 Å². The third kappa shape index (κ3) is 2.32. The van der Waals surface area contributed by atoms with E-state index in [0.717, 1.165) is 11.3 Å². The van der Waals surface area contributed by atoms with Gasteiger partial charge in [-0.15, -0.1) is 13.2 Å². The van der Waals surface area contributed by atoms with E-state index in [4.69, 9.17) is 0 Å². The maximum atomic E-state index is 12.6. The second kappa shape index (κ2) is 5.08. The van der Waals surface area contributed by atoms with Crippen molar-refractivity contribution in [1.29, 1.82) is 0 Å². The molecule has 3 heterocycles. The molecule has 124 valence electrons. The number of fused-ring (bicyclic) bond motifs is 5. The molecule has 4 rings (SSSR count). The predicted octanol–water partition coefficient (Wildman–Crippen LogP) is 2.95. The quantitative estimate of drug-likeness (QED) is 0.565. The number of alkyl halides is 3. The highest BCUT2D eigenvalue weighted by Crippen LogP contribution is 2.37. The zero-order valence-electron chi connectivity index (χ0n) is 12.6. The van der Waals surface area contributed by atoms with Gasteiger partial charge in [-0.1, -0.05) is 6.92 Å². The smallest absolute Gasteiger partial charge is 0.406 e. The first-order valence-corrected chi connectivity index (χ1v) is 7.28. The first kappa shape index (κ1) is 14.7. The van der Waals surface area contributed by atoms with Crippen LogP contribution in [0.1, 0.15) is 18.2 Å². The number of imidazole rings is 1. The van der Waals surface area contributed by atoms with Gasteiger partial charge >= 0.3 is 6.36 Å². The molecule has 1 aliphatic rings. The third-order valence-electron chi connectivity index (χ3n) is 3.91. The first-order chi connectivity index (χ1) is 11.5. The highest BCUT2D eigenvalue weighted by atomic mass is 19.4. The van der Waals surface area contributed by atoms with Gasteiger partial charge in [-0.25, -0.2) is 14.6 Å². The van der Waals surface area contributed by atoms with Crippen molar-refractivity contribution in [2.45, 2.75) is 26.3 Å². The van der Waals surface area contributed by atoms with Crippen LogP contribution < -0.4 is 4.74 Å². The Bertz CT molecular complexity index is 912. The third-order valence-corrected chi connectivity index (χ3v) is 3.91. The summed E-state index contributed by atoms with van der Waals surface area (Å²) in [6.07, 6.45) is 0.432. The minimum Gasteiger partial charge on any atom is -0.406 e. The van der Waals surface area contributed by atoms with Gasteiger partial charge in [0.25, 0.3) is 0 Å². The fourth-order valence-corrected chi connectivity index (χ4v) is 2.96.